The molecule has 0 aliphatic rings. The summed E-state index contributed by atoms with van der Waals surface area (Å²) in [6.07, 6.45) is 1.67. The van der Waals surface area contributed by atoms with Crippen LogP contribution < -0.4 is 0 Å². The highest BCUT2D eigenvalue weighted by Crippen LogP contribution is 2.27. The lowest BCUT2D eigenvalue weighted by Crippen LogP contribution is -2.02. The largest absolute Gasteiger partial charge is 0.272 e. The van der Waals surface area contributed by atoms with Crippen LogP contribution in [0.4, 0.5) is 4.39 Å². The predicted molar refractivity (Wildman–Crippen MR) is 72.7 cm³/mol. The molecule has 0 radical (unpaired) electrons. The zero-order valence-corrected chi connectivity index (χ0v) is 11.8. The fourth-order valence-electron chi connectivity index (χ4n) is 1.66. The molecule has 0 bridgehead atoms. The van der Waals surface area contributed by atoms with E-state index >= 15 is 0 Å². The average Bonchev–Trinajstić information content (AvgIpc) is 2.67. The van der Waals surface area contributed by atoms with Crippen LogP contribution in [0.25, 0.3) is 5.69 Å². The molecule has 1 aromatic heterocycles. The number of aryl methyl sites for hydroxylation is 1. The van der Waals surface area contributed by atoms with Crippen molar-refractivity contribution < 1.29 is 4.39 Å². The third-order valence-corrected chi connectivity index (χ3v) is 3.27. The fraction of sp³-hybridized carbons (Fsp3) is 0.273. The molecule has 0 saturated carbocycles. The van der Waals surface area contributed by atoms with E-state index < -0.39 is 5.82 Å². The molecule has 7 heteroatoms. The number of aromatic nitrogens is 3. The Morgan fingerprint density at radius 3 is 2.56 bits per heavy atom. The van der Waals surface area contributed by atoms with E-state index in [-0.39, 0.29) is 10.0 Å². The third kappa shape index (κ3) is 2.43. The Morgan fingerprint density at radius 1 is 1.39 bits per heavy atom. The summed E-state index contributed by atoms with van der Waals surface area (Å²) < 4.78 is 15.5. The maximum atomic E-state index is 13.4. The van der Waals surface area contributed by atoms with Gasteiger partial charge >= 0.3 is 0 Å². The van der Waals surface area contributed by atoms with Crippen LogP contribution >= 0.6 is 35.4 Å². The van der Waals surface area contributed by atoms with Gasteiger partial charge in [0.25, 0.3) is 0 Å². The summed E-state index contributed by atoms with van der Waals surface area (Å²) in [7, 11) is 0. The molecule has 0 amide bonds. The van der Waals surface area contributed by atoms with Gasteiger partial charge in [-0.15, -0.1) is 0 Å². The van der Waals surface area contributed by atoms with Gasteiger partial charge in [-0.1, -0.05) is 30.1 Å². The number of nitrogens with zero attached hydrogens (tertiary/aromatic N) is 2. The van der Waals surface area contributed by atoms with E-state index in [1.807, 2.05) is 6.92 Å². The summed E-state index contributed by atoms with van der Waals surface area (Å²) in [5.74, 6) is 0.135. The number of hydrogen-bond acceptors (Lipinski definition) is 2. The molecule has 1 aromatic carbocycles. The van der Waals surface area contributed by atoms with E-state index in [1.54, 1.807) is 4.57 Å². The number of hydrogen-bond donors (Lipinski definition) is 1. The van der Waals surface area contributed by atoms with Crippen molar-refractivity contribution in [3.8, 4) is 5.69 Å². The first-order valence-electron chi connectivity index (χ1n) is 5.35. The molecule has 3 nitrogen and oxygen atoms in total. The summed E-state index contributed by atoms with van der Waals surface area (Å²) in [6.45, 7) is 2.03. The molecular weight excluding hydrogens is 296 g/mol. The van der Waals surface area contributed by atoms with Crippen molar-refractivity contribution in [2.45, 2.75) is 19.8 Å². The van der Waals surface area contributed by atoms with Crippen molar-refractivity contribution in [3.05, 3.63) is 38.6 Å². The van der Waals surface area contributed by atoms with Crippen LogP contribution in [-0.4, -0.2) is 14.8 Å². The number of halogens is 3. The molecule has 1 N–H and O–H groups in total. The zero-order valence-electron chi connectivity index (χ0n) is 9.51. The lowest BCUT2D eigenvalue weighted by Gasteiger charge is -2.08. The molecule has 0 atom stereocenters. The van der Waals surface area contributed by atoms with Crippen molar-refractivity contribution in [3.63, 3.8) is 0 Å². The van der Waals surface area contributed by atoms with Crippen molar-refractivity contribution >= 4 is 35.4 Å². The smallest absolute Gasteiger partial charge is 0.199 e. The summed E-state index contributed by atoms with van der Waals surface area (Å²) in [4.78, 5) is 0. The average molecular weight is 306 g/mol. The van der Waals surface area contributed by atoms with Crippen molar-refractivity contribution in [1.82, 2.24) is 14.8 Å². The van der Waals surface area contributed by atoms with Crippen LogP contribution in [0.5, 0.6) is 0 Å². The molecule has 0 aliphatic heterocycles. The summed E-state index contributed by atoms with van der Waals surface area (Å²) in [5.41, 5.74) is 0.605. The molecule has 0 saturated heterocycles. The van der Waals surface area contributed by atoms with Gasteiger partial charge in [-0.05, 0) is 30.8 Å². The van der Waals surface area contributed by atoms with Crippen LogP contribution in [0, 0.1) is 10.6 Å². The van der Waals surface area contributed by atoms with Crippen molar-refractivity contribution in [1.29, 1.82) is 0 Å². The Balaban J connectivity index is 2.62. The molecule has 0 fully saturated rings. The third-order valence-electron chi connectivity index (χ3n) is 2.44. The Kier molecular flexibility index (Phi) is 4.04. The van der Waals surface area contributed by atoms with E-state index in [0.29, 0.717) is 10.5 Å². The van der Waals surface area contributed by atoms with Crippen LogP contribution in [-0.2, 0) is 6.42 Å². The second-order valence-corrected chi connectivity index (χ2v) is 4.95. The minimum atomic E-state index is -0.630. The normalized spacial score (nSPS) is 10.9. The first-order chi connectivity index (χ1) is 8.54. The summed E-state index contributed by atoms with van der Waals surface area (Å²) >= 11 is 16.7. The van der Waals surface area contributed by atoms with Crippen molar-refractivity contribution in [2.75, 3.05) is 0 Å². The second kappa shape index (κ2) is 5.38. The lowest BCUT2D eigenvalue weighted by atomic mass is 10.2. The Hall–Kier alpha value is -0.910. The monoisotopic (exact) mass is 305 g/mol. The summed E-state index contributed by atoms with van der Waals surface area (Å²) in [6, 6.07) is 2.96. The molecule has 96 valence electrons. The number of H-pyrrole nitrogens is 1. The summed E-state index contributed by atoms with van der Waals surface area (Å²) in [5, 5.41) is 6.76. The van der Waals surface area contributed by atoms with E-state index in [9.17, 15) is 4.39 Å². The highest BCUT2D eigenvalue weighted by molar-refractivity contribution is 7.71. The topological polar surface area (TPSA) is 33.6 Å². The van der Waals surface area contributed by atoms with Gasteiger partial charge in [0.05, 0.1) is 15.7 Å². The standard InChI is InChI=1S/C11H10Cl2FN3S/c1-2-3-9-15-16-11(18)17(9)6-4-7(12)10(14)8(13)5-6/h4-5H,2-3H2,1H3,(H,16,18). The Bertz CT molecular complexity index is 612. The highest BCUT2D eigenvalue weighted by Gasteiger charge is 2.12. The number of aromatic amines is 1. The quantitative estimate of drug-likeness (QED) is 0.676. The molecule has 18 heavy (non-hydrogen) atoms. The van der Waals surface area contributed by atoms with Crippen LogP contribution in [0.1, 0.15) is 19.2 Å². The fourth-order valence-corrected chi connectivity index (χ4v) is 2.39. The minimum Gasteiger partial charge on any atom is -0.272 e. The lowest BCUT2D eigenvalue weighted by molar-refractivity contribution is 0.628. The van der Waals surface area contributed by atoms with Gasteiger partial charge in [0.15, 0.2) is 10.6 Å². The molecular formula is C11H10Cl2FN3S. The SMILES string of the molecule is CCCc1n[nH]c(=S)n1-c1cc(Cl)c(F)c(Cl)c1. The molecule has 0 spiro atoms. The first-order valence-corrected chi connectivity index (χ1v) is 6.52. The Labute approximate surface area is 119 Å². The Morgan fingerprint density at radius 2 is 2.00 bits per heavy atom. The molecule has 2 aromatic rings. The molecule has 0 unspecified atom stereocenters. The van der Waals surface area contributed by atoms with E-state index in [0.717, 1.165) is 18.7 Å². The number of rotatable bonds is 3. The van der Waals surface area contributed by atoms with Gasteiger partial charge in [0.1, 0.15) is 5.82 Å². The molecule has 1 heterocycles. The van der Waals surface area contributed by atoms with Gasteiger partial charge < -0.3 is 0 Å². The van der Waals surface area contributed by atoms with Gasteiger partial charge in [0.2, 0.25) is 0 Å². The van der Waals surface area contributed by atoms with Gasteiger partial charge in [-0.2, -0.15) is 5.10 Å². The van der Waals surface area contributed by atoms with Gasteiger partial charge in [-0.3, -0.25) is 9.67 Å². The maximum absolute atomic E-state index is 13.4. The zero-order chi connectivity index (χ0) is 13.3. The van der Waals surface area contributed by atoms with E-state index in [4.69, 9.17) is 35.4 Å². The second-order valence-electron chi connectivity index (χ2n) is 3.75. The van der Waals surface area contributed by atoms with E-state index in [1.165, 1.54) is 12.1 Å². The van der Waals surface area contributed by atoms with Crippen LogP contribution in [0.15, 0.2) is 12.1 Å². The predicted octanol–water partition coefficient (Wildman–Crippen LogP) is 4.33. The van der Waals surface area contributed by atoms with Crippen molar-refractivity contribution in [2.24, 2.45) is 0 Å². The molecule has 2 rings (SSSR count). The first kappa shape index (κ1) is 13.5. The van der Waals surface area contributed by atoms with E-state index in [2.05, 4.69) is 10.2 Å². The molecule has 0 aliphatic carbocycles. The van der Waals surface area contributed by atoms with Gasteiger partial charge in [0, 0.05) is 6.42 Å². The van der Waals surface area contributed by atoms with Crippen LogP contribution in [0.3, 0.4) is 0 Å². The van der Waals surface area contributed by atoms with Crippen LogP contribution in [0.2, 0.25) is 10.0 Å². The maximum Gasteiger partial charge on any atom is 0.199 e. The minimum absolute atomic E-state index is 0.0388. The van der Waals surface area contributed by atoms with Gasteiger partial charge in [-0.25, -0.2) is 4.39 Å². The number of benzene rings is 1. The number of nitrogens with one attached hydrogen (secondary N) is 1. The highest BCUT2D eigenvalue weighted by atomic mass is 35.5.